The largest absolute Gasteiger partial charge is 0.320 e. The van der Waals surface area contributed by atoms with Crippen LogP contribution in [0.5, 0.6) is 0 Å². The molecule has 0 radical (unpaired) electrons. The highest BCUT2D eigenvalue weighted by Crippen LogP contribution is 2.27. The molecule has 0 amide bonds. The third kappa shape index (κ3) is 3.09. The van der Waals surface area contributed by atoms with Gasteiger partial charge in [-0.05, 0) is 58.8 Å². The second-order valence-corrected chi connectivity index (χ2v) is 6.13. The van der Waals surface area contributed by atoms with Crippen LogP contribution in [0.4, 0.5) is 0 Å². The summed E-state index contributed by atoms with van der Waals surface area (Å²) in [6, 6.07) is 14.5. The summed E-state index contributed by atoms with van der Waals surface area (Å²) in [7, 11) is 0. The highest BCUT2D eigenvalue weighted by molar-refractivity contribution is 14.1. The Bertz CT molecular complexity index is 522. The first kappa shape index (κ1) is 13.1. The third-order valence-electron chi connectivity index (χ3n) is 2.73. The van der Waals surface area contributed by atoms with Crippen molar-refractivity contribution in [2.75, 3.05) is 0 Å². The van der Waals surface area contributed by atoms with Crippen molar-refractivity contribution < 1.29 is 0 Å². The van der Waals surface area contributed by atoms with E-state index in [1.54, 1.807) is 0 Å². The number of rotatable bonds is 2. The predicted octanol–water partition coefficient (Wildman–Crippen LogP) is 4.41. The normalized spacial score (nSPS) is 12.5. The van der Waals surface area contributed by atoms with E-state index in [2.05, 4.69) is 81.8 Å². The number of hydrogen-bond donors (Lipinski definition) is 1. The Morgan fingerprint density at radius 1 is 1.12 bits per heavy atom. The molecule has 0 fully saturated rings. The molecule has 0 bridgehead atoms. The molecule has 0 aliphatic heterocycles. The zero-order valence-corrected chi connectivity index (χ0v) is 13.2. The first-order valence-electron chi connectivity index (χ1n) is 5.35. The standard InChI is InChI=1S/C14H13BrIN/c1-9-2-4-10(5-3-9)14(17)12-8-11(15)6-7-13(12)16/h2-8,14H,17H2,1H3. The van der Waals surface area contributed by atoms with Crippen LogP contribution in [0, 0.1) is 10.5 Å². The molecular formula is C14H13BrIN. The Hall–Kier alpha value is -0.390. The fraction of sp³-hybridized carbons (Fsp3) is 0.143. The molecule has 1 atom stereocenters. The van der Waals surface area contributed by atoms with Crippen LogP contribution in [-0.2, 0) is 0 Å². The van der Waals surface area contributed by atoms with Gasteiger partial charge < -0.3 is 5.73 Å². The van der Waals surface area contributed by atoms with Crippen LogP contribution in [0.25, 0.3) is 0 Å². The van der Waals surface area contributed by atoms with Crippen molar-refractivity contribution in [1.29, 1.82) is 0 Å². The first-order valence-corrected chi connectivity index (χ1v) is 7.22. The average molecular weight is 402 g/mol. The van der Waals surface area contributed by atoms with E-state index in [0.717, 1.165) is 15.6 Å². The summed E-state index contributed by atoms with van der Waals surface area (Å²) in [5, 5.41) is 0. The molecule has 1 nitrogen and oxygen atoms in total. The van der Waals surface area contributed by atoms with Crippen LogP contribution in [-0.4, -0.2) is 0 Å². The summed E-state index contributed by atoms with van der Waals surface area (Å²) >= 11 is 5.81. The maximum atomic E-state index is 6.31. The molecule has 2 aromatic carbocycles. The van der Waals surface area contributed by atoms with Crippen molar-refractivity contribution >= 4 is 38.5 Å². The molecule has 0 aliphatic carbocycles. The van der Waals surface area contributed by atoms with Gasteiger partial charge in [0.05, 0.1) is 6.04 Å². The second-order valence-electron chi connectivity index (χ2n) is 4.05. The molecule has 1 unspecified atom stereocenters. The fourth-order valence-corrected chi connectivity index (χ4v) is 2.76. The summed E-state index contributed by atoms with van der Waals surface area (Å²) in [5.41, 5.74) is 9.87. The van der Waals surface area contributed by atoms with E-state index >= 15 is 0 Å². The van der Waals surface area contributed by atoms with Gasteiger partial charge in [-0.3, -0.25) is 0 Å². The Labute approximate surface area is 124 Å². The van der Waals surface area contributed by atoms with Gasteiger partial charge in [0.25, 0.3) is 0 Å². The van der Waals surface area contributed by atoms with Gasteiger partial charge in [-0.15, -0.1) is 0 Å². The van der Waals surface area contributed by atoms with Crippen molar-refractivity contribution in [3.8, 4) is 0 Å². The molecule has 0 saturated heterocycles. The van der Waals surface area contributed by atoms with E-state index < -0.39 is 0 Å². The van der Waals surface area contributed by atoms with Crippen LogP contribution >= 0.6 is 38.5 Å². The van der Waals surface area contributed by atoms with Gasteiger partial charge in [0.15, 0.2) is 0 Å². The average Bonchev–Trinajstić information content (AvgIpc) is 2.32. The lowest BCUT2D eigenvalue weighted by Crippen LogP contribution is -2.13. The lowest BCUT2D eigenvalue weighted by atomic mass is 9.99. The van der Waals surface area contributed by atoms with Gasteiger partial charge in [0.1, 0.15) is 0 Å². The third-order valence-corrected chi connectivity index (χ3v) is 4.21. The summed E-state index contributed by atoms with van der Waals surface area (Å²) < 4.78 is 2.26. The van der Waals surface area contributed by atoms with Gasteiger partial charge in [-0.25, -0.2) is 0 Å². The number of nitrogens with two attached hydrogens (primary N) is 1. The summed E-state index contributed by atoms with van der Waals surface area (Å²) in [6.45, 7) is 2.08. The van der Waals surface area contributed by atoms with Crippen molar-refractivity contribution in [2.45, 2.75) is 13.0 Å². The summed E-state index contributed by atoms with van der Waals surface area (Å²) in [4.78, 5) is 0. The zero-order valence-electron chi connectivity index (χ0n) is 9.45. The van der Waals surface area contributed by atoms with Crippen LogP contribution < -0.4 is 5.73 Å². The topological polar surface area (TPSA) is 26.0 Å². The number of halogens is 2. The van der Waals surface area contributed by atoms with E-state index in [9.17, 15) is 0 Å². The highest BCUT2D eigenvalue weighted by Gasteiger charge is 2.12. The van der Waals surface area contributed by atoms with E-state index in [1.807, 2.05) is 6.07 Å². The molecular weight excluding hydrogens is 389 g/mol. The molecule has 2 N–H and O–H groups in total. The first-order chi connectivity index (χ1) is 8.08. The lowest BCUT2D eigenvalue weighted by Gasteiger charge is -2.15. The minimum absolute atomic E-state index is 0.0694. The fourth-order valence-electron chi connectivity index (χ4n) is 1.71. The molecule has 3 heteroatoms. The Kier molecular flexibility index (Phi) is 4.22. The van der Waals surface area contributed by atoms with Gasteiger partial charge in [0, 0.05) is 8.04 Å². The maximum absolute atomic E-state index is 6.31. The minimum atomic E-state index is -0.0694. The van der Waals surface area contributed by atoms with Crippen molar-refractivity contribution in [1.82, 2.24) is 0 Å². The molecule has 17 heavy (non-hydrogen) atoms. The molecule has 2 rings (SSSR count). The van der Waals surface area contributed by atoms with Crippen molar-refractivity contribution in [3.05, 3.63) is 67.2 Å². The number of aryl methyl sites for hydroxylation is 1. The maximum Gasteiger partial charge on any atom is 0.0562 e. The highest BCUT2D eigenvalue weighted by atomic mass is 127. The molecule has 0 aliphatic rings. The molecule has 0 saturated carbocycles. The van der Waals surface area contributed by atoms with Crippen LogP contribution in [0.1, 0.15) is 22.7 Å². The van der Waals surface area contributed by atoms with Gasteiger partial charge in [-0.1, -0.05) is 45.8 Å². The predicted molar refractivity (Wildman–Crippen MR) is 84.1 cm³/mol. The molecule has 0 spiro atoms. The quantitative estimate of drug-likeness (QED) is 0.741. The lowest BCUT2D eigenvalue weighted by molar-refractivity contribution is 0.863. The Balaban J connectivity index is 2.39. The molecule has 0 aromatic heterocycles. The van der Waals surface area contributed by atoms with Crippen LogP contribution in [0.15, 0.2) is 46.9 Å². The molecule has 2 aromatic rings. The van der Waals surface area contributed by atoms with Crippen molar-refractivity contribution in [2.24, 2.45) is 5.73 Å². The van der Waals surface area contributed by atoms with Gasteiger partial charge in [0.2, 0.25) is 0 Å². The van der Waals surface area contributed by atoms with E-state index in [1.165, 1.54) is 9.13 Å². The van der Waals surface area contributed by atoms with Gasteiger partial charge in [-0.2, -0.15) is 0 Å². The van der Waals surface area contributed by atoms with Crippen molar-refractivity contribution in [3.63, 3.8) is 0 Å². The number of hydrogen-bond acceptors (Lipinski definition) is 1. The smallest absolute Gasteiger partial charge is 0.0562 e. The van der Waals surface area contributed by atoms with Crippen LogP contribution in [0.2, 0.25) is 0 Å². The zero-order chi connectivity index (χ0) is 12.4. The minimum Gasteiger partial charge on any atom is -0.320 e. The van der Waals surface area contributed by atoms with E-state index in [4.69, 9.17) is 5.73 Å². The monoisotopic (exact) mass is 401 g/mol. The van der Waals surface area contributed by atoms with Gasteiger partial charge >= 0.3 is 0 Å². The van der Waals surface area contributed by atoms with E-state index in [-0.39, 0.29) is 6.04 Å². The SMILES string of the molecule is Cc1ccc(C(N)c2cc(Br)ccc2I)cc1. The molecule has 0 heterocycles. The summed E-state index contributed by atoms with van der Waals surface area (Å²) in [5.74, 6) is 0. The second kappa shape index (κ2) is 5.50. The summed E-state index contributed by atoms with van der Waals surface area (Å²) in [6.07, 6.45) is 0. The Morgan fingerprint density at radius 3 is 2.41 bits per heavy atom. The van der Waals surface area contributed by atoms with Crippen LogP contribution in [0.3, 0.4) is 0 Å². The Morgan fingerprint density at radius 2 is 1.76 bits per heavy atom. The number of benzene rings is 2. The van der Waals surface area contributed by atoms with E-state index in [0.29, 0.717) is 0 Å². The molecule has 88 valence electrons.